The summed E-state index contributed by atoms with van der Waals surface area (Å²) in [5.41, 5.74) is 0.988. The summed E-state index contributed by atoms with van der Waals surface area (Å²) >= 11 is 0. The van der Waals surface area contributed by atoms with Crippen molar-refractivity contribution in [1.82, 2.24) is 0 Å². The molecule has 18 heavy (non-hydrogen) atoms. The quantitative estimate of drug-likeness (QED) is 0.377. The van der Waals surface area contributed by atoms with Gasteiger partial charge in [0.05, 0.1) is 0 Å². The Hall–Kier alpha value is -0.790. The first-order valence-corrected chi connectivity index (χ1v) is 7.57. The first-order chi connectivity index (χ1) is 8.66. The standard InChI is InChI=1S/C16H30O2/c1-3-4-5-6-7-8-9-10-11-12-13-15(2)14-16(17)18/h14H,3-13H2,1-2H3,(H,17,18). The molecule has 0 bridgehead atoms. The summed E-state index contributed by atoms with van der Waals surface area (Å²) in [6.45, 7) is 4.16. The van der Waals surface area contributed by atoms with Gasteiger partial charge in [-0.2, -0.15) is 0 Å². The van der Waals surface area contributed by atoms with E-state index >= 15 is 0 Å². The van der Waals surface area contributed by atoms with Gasteiger partial charge in [-0.15, -0.1) is 0 Å². The molecule has 0 atom stereocenters. The molecule has 0 spiro atoms. The van der Waals surface area contributed by atoms with E-state index in [1.807, 2.05) is 6.92 Å². The lowest BCUT2D eigenvalue weighted by Crippen LogP contribution is -1.90. The minimum Gasteiger partial charge on any atom is -0.478 e. The molecule has 0 aromatic heterocycles. The van der Waals surface area contributed by atoms with Gasteiger partial charge < -0.3 is 5.11 Å². The summed E-state index contributed by atoms with van der Waals surface area (Å²) in [5, 5.41) is 8.57. The minimum absolute atomic E-state index is 0.820. The predicted molar refractivity (Wildman–Crippen MR) is 77.9 cm³/mol. The van der Waals surface area contributed by atoms with Crippen molar-refractivity contribution in [2.24, 2.45) is 0 Å². The van der Waals surface area contributed by atoms with Crippen molar-refractivity contribution in [2.45, 2.75) is 84.5 Å². The maximum Gasteiger partial charge on any atom is 0.328 e. The molecule has 2 heteroatoms. The highest BCUT2D eigenvalue weighted by Gasteiger charge is 1.96. The molecule has 0 aliphatic heterocycles. The highest BCUT2D eigenvalue weighted by Crippen LogP contribution is 2.13. The van der Waals surface area contributed by atoms with Crippen LogP contribution >= 0.6 is 0 Å². The van der Waals surface area contributed by atoms with Crippen molar-refractivity contribution >= 4 is 5.97 Å². The molecule has 0 saturated heterocycles. The maximum absolute atomic E-state index is 10.4. The second-order valence-corrected chi connectivity index (χ2v) is 5.26. The smallest absolute Gasteiger partial charge is 0.328 e. The highest BCUT2D eigenvalue weighted by molar-refractivity contribution is 5.80. The van der Waals surface area contributed by atoms with Crippen molar-refractivity contribution in [3.05, 3.63) is 11.6 Å². The van der Waals surface area contributed by atoms with E-state index in [4.69, 9.17) is 5.11 Å². The fraction of sp³-hybridized carbons (Fsp3) is 0.812. The number of hydrogen-bond acceptors (Lipinski definition) is 1. The Bertz CT molecular complexity index is 231. The Kier molecular flexibility index (Phi) is 12.1. The molecule has 0 rings (SSSR count). The van der Waals surface area contributed by atoms with Gasteiger partial charge in [0.1, 0.15) is 0 Å². The number of allylic oxidation sites excluding steroid dienone is 1. The Balaban J connectivity index is 3.19. The lowest BCUT2D eigenvalue weighted by atomic mass is 10.0. The lowest BCUT2D eigenvalue weighted by molar-refractivity contribution is -0.131. The number of carboxylic acid groups (broad SMARTS) is 1. The second kappa shape index (κ2) is 12.7. The first-order valence-electron chi connectivity index (χ1n) is 7.57. The number of carbonyl (C=O) groups is 1. The third-order valence-electron chi connectivity index (χ3n) is 3.29. The lowest BCUT2D eigenvalue weighted by Gasteiger charge is -2.02. The van der Waals surface area contributed by atoms with Crippen LogP contribution < -0.4 is 0 Å². The van der Waals surface area contributed by atoms with Crippen LogP contribution in [0.3, 0.4) is 0 Å². The molecule has 0 unspecified atom stereocenters. The zero-order chi connectivity index (χ0) is 13.6. The van der Waals surface area contributed by atoms with Crippen LogP contribution in [0.2, 0.25) is 0 Å². The van der Waals surface area contributed by atoms with Crippen LogP contribution in [0.4, 0.5) is 0 Å². The highest BCUT2D eigenvalue weighted by atomic mass is 16.4. The minimum atomic E-state index is -0.820. The molecule has 0 saturated carbocycles. The number of rotatable bonds is 12. The van der Waals surface area contributed by atoms with Crippen molar-refractivity contribution in [2.75, 3.05) is 0 Å². The molecule has 0 radical (unpaired) electrons. The van der Waals surface area contributed by atoms with E-state index in [0.717, 1.165) is 18.4 Å². The second-order valence-electron chi connectivity index (χ2n) is 5.26. The summed E-state index contributed by atoms with van der Waals surface area (Å²) in [6.07, 6.45) is 15.5. The molecule has 2 nitrogen and oxygen atoms in total. The van der Waals surface area contributed by atoms with Gasteiger partial charge >= 0.3 is 5.97 Å². The van der Waals surface area contributed by atoms with Crippen molar-refractivity contribution in [1.29, 1.82) is 0 Å². The van der Waals surface area contributed by atoms with Crippen LogP contribution in [-0.2, 0) is 4.79 Å². The van der Waals surface area contributed by atoms with Crippen LogP contribution in [-0.4, -0.2) is 11.1 Å². The Morgan fingerprint density at radius 2 is 1.33 bits per heavy atom. The van der Waals surface area contributed by atoms with Gasteiger partial charge in [0, 0.05) is 6.08 Å². The topological polar surface area (TPSA) is 37.3 Å². The Labute approximate surface area is 112 Å². The van der Waals surface area contributed by atoms with E-state index in [1.54, 1.807) is 0 Å². The van der Waals surface area contributed by atoms with Crippen LogP contribution in [0.15, 0.2) is 11.6 Å². The summed E-state index contributed by atoms with van der Waals surface area (Å²) in [6, 6.07) is 0. The number of unbranched alkanes of at least 4 members (excludes halogenated alkanes) is 9. The summed E-state index contributed by atoms with van der Waals surface area (Å²) in [4.78, 5) is 10.4. The largest absolute Gasteiger partial charge is 0.478 e. The molecule has 106 valence electrons. The fourth-order valence-corrected chi connectivity index (χ4v) is 2.17. The number of aliphatic carboxylic acids is 1. The summed E-state index contributed by atoms with van der Waals surface area (Å²) < 4.78 is 0. The molecule has 0 aromatic rings. The zero-order valence-corrected chi connectivity index (χ0v) is 12.2. The van der Waals surface area contributed by atoms with E-state index in [-0.39, 0.29) is 0 Å². The monoisotopic (exact) mass is 254 g/mol. The first kappa shape index (κ1) is 17.2. The van der Waals surface area contributed by atoms with Crippen LogP contribution in [0.5, 0.6) is 0 Å². The average molecular weight is 254 g/mol. The normalized spacial score (nSPS) is 11.8. The molecular formula is C16H30O2. The zero-order valence-electron chi connectivity index (χ0n) is 12.2. The SMILES string of the molecule is CCCCCCCCCCCCC(C)=CC(=O)O. The van der Waals surface area contributed by atoms with E-state index in [0.29, 0.717) is 0 Å². The molecule has 0 fully saturated rings. The maximum atomic E-state index is 10.4. The van der Waals surface area contributed by atoms with E-state index < -0.39 is 5.97 Å². The van der Waals surface area contributed by atoms with Crippen molar-refractivity contribution in [3.8, 4) is 0 Å². The molecule has 1 N–H and O–H groups in total. The van der Waals surface area contributed by atoms with E-state index in [9.17, 15) is 4.79 Å². The third kappa shape index (κ3) is 13.3. The van der Waals surface area contributed by atoms with E-state index in [2.05, 4.69) is 6.92 Å². The fourth-order valence-electron chi connectivity index (χ4n) is 2.17. The van der Waals surface area contributed by atoms with Gasteiger partial charge in [-0.25, -0.2) is 4.79 Å². The molecule has 0 heterocycles. The average Bonchev–Trinajstić information content (AvgIpc) is 2.30. The predicted octanol–water partition coefficient (Wildman–Crippen LogP) is 5.33. The van der Waals surface area contributed by atoms with Gasteiger partial charge in [-0.1, -0.05) is 70.3 Å². The van der Waals surface area contributed by atoms with E-state index in [1.165, 1.54) is 63.9 Å². The third-order valence-corrected chi connectivity index (χ3v) is 3.29. The van der Waals surface area contributed by atoms with Gasteiger partial charge in [-0.3, -0.25) is 0 Å². The van der Waals surface area contributed by atoms with Crippen molar-refractivity contribution < 1.29 is 9.90 Å². The summed E-state index contributed by atoms with van der Waals surface area (Å²) in [5.74, 6) is -0.820. The van der Waals surface area contributed by atoms with Crippen LogP contribution in [0.1, 0.15) is 84.5 Å². The molecule has 0 aliphatic carbocycles. The van der Waals surface area contributed by atoms with Gasteiger partial charge in [-0.05, 0) is 19.8 Å². The van der Waals surface area contributed by atoms with Crippen LogP contribution in [0, 0.1) is 0 Å². The molecule has 0 aromatic carbocycles. The number of carboxylic acids is 1. The Morgan fingerprint density at radius 1 is 0.889 bits per heavy atom. The van der Waals surface area contributed by atoms with Gasteiger partial charge in [0.2, 0.25) is 0 Å². The molecule has 0 aliphatic rings. The summed E-state index contributed by atoms with van der Waals surface area (Å²) in [7, 11) is 0. The number of hydrogen-bond donors (Lipinski definition) is 1. The molecular weight excluding hydrogens is 224 g/mol. The Morgan fingerprint density at radius 3 is 1.78 bits per heavy atom. The van der Waals surface area contributed by atoms with Crippen molar-refractivity contribution in [3.63, 3.8) is 0 Å². The van der Waals surface area contributed by atoms with Crippen LogP contribution in [0.25, 0.3) is 0 Å². The van der Waals surface area contributed by atoms with Gasteiger partial charge in [0.15, 0.2) is 0 Å². The van der Waals surface area contributed by atoms with Gasteiger partial charge in [0.25, 0.3) is 0 Å². The molecule has 0 amide bonds.